The van der Waals surface area contributed by atoms with Crippen molar-refractivity contribution in [2.24, 2.45) is 10.9 Å². The molecule has 1 fully saturated rings. The Morgan fingerprint density at radius 3 is 2.24 bits per heavy atom. The lowest BCUT2D eigenvalue weighted by Gasteiger charge is -2.34. The van der Waals surface area contributed by atoms with E-state index in [0.29, 0.717) is 6.42 Å². The molecule has 1 aliphatic heterocycles. The van der Waals surface area contributed by atoms with Gasteiger partial charge in [-0.2, -0.15) is 0 Å². The van der Waals surface area contributed by atoms with Crippen molar-refractivity contribution < 1.29 is 9.53 Å². The first-order chi connectivity index (χ1) is 16.3. The summed E-state index contributed by atoms with van der Waals surface area (Å²) < 4.78 is 5.31. The number of fused-ring (bicyclic) bond motifs is 2. The van der Waals surface area contributed by atoms with Crippen LogP contribution in [0.25, 0.3) is 0 Å². The van der Waals surface area contributed by atoms with Crippen molar-refractivity contribution in [2.75, 3.05) is 12.4 Å². The number of rotatable bonds is 3. The minimum Gasteiger partial charge on any atom is -0.497 e. The number of methoxy groups -OCH3 is 1. The Kier molecular flexibility index (Phi) is 5.76. The smallest absolute Gasteiger partial charge is 0.144 e. The minimum atomic E-state index is -0.276. The molecule has 3 aromatic rings. The van der Waals surface area contributed by atoms with Crippen LogP contribution in [-0.2, 0) is 10.2 Å². The summed E-state index contributed by atoms with van der Waals surface area (Å²) in [5.41, 5.74) is 6.50. The number of para-hydroxylation sites is 2. The predicted octanol–water partition coefficient (Wildman–Crippen LogP) is 6.99. The largest absolute Gasteiger partial charge is 0.497 e. The molecule has 34 heavy (non-hydrogen) atoms. The van der Waals surface area contributed by atoms with Gasteiger partial charge in [0, 0.05) is 12.1 Å². The van der Waals surface area contributed by atoms with E-state index < -0.39 is 0 Å². The lowest BCUT2D eigenvalue weighted by atomic mass is 9.72. The Labute approximate surface area is 202 Å². The topological polar surface area (TPSA) is 50.7 Å². The average Bonchev–Trinajstić information content (AvgIpc) is 3.00. The van der Waals surface area contributed by atoms with E-state index in [1.807, 2.05) is 30.3 Å². The predicted molar refractivity (Wildman–Crippen MR) is 139 cm³/mol. The van der Waals surface area contributed by atoms with Crippen molar-refractivity contribution in [3.63, 3.8) is 0 Å². The number of nitrogens with one attached hydrogen (secondary N) is 1. The van der Waals surface area contributed by atoms with E-state index in [4.69, 9.17) is 9.73 Å². The van der Waals surface area contributed by atoms with Crippen LogP contribution in [0.3, 0.4) is 0 Å². The van der Waals surface area contributed by atoms with Crippen LogP contribution in [0, 0.1) is 5.92 Å². The van der Waals surface area contributed by atoms with Gasteiger partial charge in [-0.3, -0.25) is 9.79 Å². The maximum Gasteiger partial charge on any atom is 0.144 e. The molecule has 3 unspecified atom stereocenters. The van der Waals surface area contributed by atoms with E-state index in [0.717, 1.165) is 40.4 Å². The number of hydrogen-bond acceptors (Lipinski definition) is 4. The molecule has 1 heterocycles. The zero-order valence-electron chi connectivity index (χ0n) is 20.3. The van der Waals surface area contributed by atoms with Gasteiger partial charge in [0.05, 0.1) is 30.4 Å². The van der Waals surface area contributed by atoms with Crippen LogP contribution in [0.1, 0.15) is 62.3 Å². The number of Topliss-reactive ketones (excluding diaryl/α,β-unsaturated/α-hetero) is 1. The second kappa shape index (κ2) is 8.75. The number of carbonyl (C=O) groups excluding carboxylic acids is 1. The first-order valence-corrected chi connectivity index (χ1v) is 12.0. The molecule has 1 saturated carbocycles. The zero-order chi connectivity index (χ0) is 23.9. The molecule has 0 bridgehead atoms. The highest BCUT2D eigenvalue weighted by atomic mass is 16.5. The van der Waals surface area contributed by atoms with Gasteiger partial charge in [-0.05, 0) is 58.7 Å². The lowest BCUT2D eigenvalue weighted by molar-refractivity contribution is -0.122. The SMILES string of the molecule is COc1ccc(C2CC(=O)C3C(=Nc4ccccc4NC3c3ccc(C(C)(C)C)cc3)C2)cc1. The van der Waals surface area contributed by atoms with Crippen LogP contribution in [0.4, 0.5) is 11.4 Å². The molecule has 2 aliphatic rings. The first kappa shape index (κ1) is 22.4. The van der Waals surface area contributed by atoms with Crippen molar-refractivity contribution in [1.29, 1.82) is 0 Å². The third kappa shape index (κ3) is 4.25. The number of carbonyl (C=O) groups is 1. The molecule has 4 nitrogen and oxygen atoms in total. The van der Waals surface area contributed by atoms with E-state index in [2.05, 4.69) is 68.6 Å². The molecular weight excluding hydrogens is 420 g/mol. The molecule has 0 aromatic heterocycles. The Balaban J connectivity index is 1.53. The first-order valence-electron chi connectivity index (χ1n) is 12.0. The highest BCUT2D eigenvalue weighted by Crippen LogP contribution is 2.44. The summed E-state index contributed by atoms with van der Waals surface area (Å²) in [6.45, 7) is 6.66. The second-order valence-electron chi connectivity index (χ2n) is 10.4. The summed E-state index contributed by atoms with van der Waals surface area (Å²) in [5, 5.41) is 3.68. The molecule has 4 heteroatoms. The standard InChI is InChI=1S/C30H32N2O2/c1-30(2,3)22-13-9-20(10-14-22)29-28-26(31-24-7-5-6-8-25(24)32-29)17-21(18-27(28)33)19-11-15-23(34-4)16-12-19/h5-16,21,28-29,32H,17-18H2,1-4H3. The van der Waals surface area contributed by atoms with Gasteiger partial charge < -0.3 is 10.1 Å². The number of benzene rings is 3. The second-order valence-corrected chi connectivity index (χ2v) is 10.4. The van der Waals surface area contributed by atoms with Crippen molar-refractivity contribution >= 4 is 22.9 Å². The summed E-state index contributed by atoms with van der Waals surface area (Å²) >= 11 is 0. The van der Waals surface area contributed by atoms with Gasteiger partial charge in [0.15, 0.2) is 0 Å². The van der Waals surface area contributed by atoms with Gasteiger partial charge >= 0.3 is 0 Å². The molecule has 1 N–H and O–H groups in total. The van der Waals surface area contributed by atoms with Gasteiger partial charge in [0.25, 0.3) is 0 Å². The summed E-state index contributed by atoms with van der Waals surface area (Å²) in [7, 11) is 1.67. The highest BCUT2D eigenvalue weighted by Gasteiger charge is 2.41. The number of ether oxygens (including phenoxy) is 1. The molecule has 1 aliphatic carbocycles. The molecule has 174 valence electrons. The summed E-state index contributed by atoms with van der Waals surface area (Å²) in [6.07, 6.45) is 1.29. The molecule has 5 rings (SSSR count). The Hall–Kier alpha value is -3.40. The van der Waals surface area contributed by atoms with Gasteiger partial charge in [-0.15, -0.1) is 0 Å². The number of anilines is 1. The molecule has 3 atom stereocenters. The Morgan fingerprint density at radius 1 is 0.882 bits per heavy atom. The van der Waals surface area contributed by atoms with Crippen LogP contribution in [0.15, 0.2) is 77.8 Å². The number of aliphatic imine (C=N–C) groups is 1. The maximum atomic E-state index is 13.7. The van der Waals surface area contributed by atoms with Gasteiger partial charge in [0.1, 0.15) is 11.5 Å². The third-order valence-electron chi connectivity index (χ3n) is 7.14. The van der Waals surface area contributed by atoms with Gasteiger partial charge in [-0.25, -0.2) is 0 Å². The quantitative estimate of drug-likeness (QED) is 0.466. The van der Waals surface area contributed by atoms with Crippen molar-refractivity contribution in [1.82, 2.24) is 0 Å². The zero-order valence-corrected chi connectivity index (χ0v) is 20.3. The van der Waals surface area contributed by atoms with E-state index in [1.165, 1.54) is 5.56 Å². The molecule has 0 radical (unpaired) electrons. The molecular formula is C30H32N2O2. The van der Waals surface area contributed by atoms with E-state index in [1.54, 1.807) is 7.11 Å². The Morgan fingerprint density at radius 2 is 1.56 bits per heavy atom. The van der Waals surface area contributed by atoms with E-state index >= 15 is 0 Å². The normalized spacial score (nSPS) is 22.1. The highest BCUT2D eigenvalue weighted by molar-refractivity contribution is 6.10. The fraction of sp³-hybridized carbons (Fsp3) is 0.333. The van der Waals surface area contributed by atoms with Crippen LogP contribution in [0.2, 0.25) is 0 Å². The fourth-order valence-corrected chi connectivity index (χ4v) is 5.18. The molecule has 0 spiro atoms. The molecule has 0 amide bonds. The number of nitrogens with zero attached hydrogens (tertiary/aromatic N) is 1. The van der Waals surface area contributed by atoms with Crippen LogP contribution < -0.4 is 10.1 Å². The molecule has 3 aromatic carbocycles. The number of hydrogen-bond donors (Lipinski definition) is 1. The van der Waals surface area contributed by atoms with Crippen molar-refractivity contribution in [3.8, 4) is 5.75 Å². The monoisotopic (exact) mass is 452 g/mol. The van der Waals surface area contributed by atoms with Crippen molar-refractivity contribution in [2.45, 2.75) is 51.0 Å². The van der Waals surface area contributed by atoms with Gasteiger partial charge in [-0.1, -0.05) is 69.3 Å². The van der Waals surface area contributed by atoms with Crippen molar-refractivity contribution in [3.05, 3.63) is 89.5 Å². The maximum absolute atomic E-state index is 13.7. The van der Waals surface area contributed by atoms with Gasteiger partial charge in [0.2, 0.25) is 0 Å². The third-order valence-corrected chi connectivity index (χ3v) is 7.14. The lowest BCUT2D eigenvalue weighted by Crippen LogP contribution is -2.38. The van der Waals surface area contributed by atoms with Crippen LogP contribution in [-0.4, -0.2) is 18.6 Å². The van der Waals surface area contributed by atoms with E-state index in [-0.39, 0.29) is 29.1 Å². The van der Waals surface area contributed by atoms with E-state index in [9.17, 15) is 4.79 Å². The minimum absolute atomic E-state index is 0.0842. The fourth-order valence-electron chi connectivity index (χ4n) is 5.18. The summed E-state index contributed by atoms with van der Waals surface area (Å²) in [6, 6.07) is 24.8. The van der Waals surface area contributed by atoms with Crippen LogP contribution >= 0.6 is 0 Å². The summed E-state index contributed by atoms with van der Waals surface area (Å²) in [4.78, 5) is 18.8. The molecule has 0 saturated heterocycles. The summed E-state index contributed by atoms with van der Waals surface area (Å²) in [5.74, 6) is 0.924. The number of ketones is 1. The Bertz CT molecular complexity index is 1220. The average molecular weight is 453 g/mol. The van der Waals surface area contributed by atoms with Crippen LogP contribution in [0.5, 0.6) is 5.75 Å².